The molecule has 2 atom stereocenters. The van der Waals surface area contributed by atoms with Crippen LogP contribution in [0.3, 0.4) is 0 Å². The van der Waals surface area contributed by atoms with Crippen LogP contribution < -0.4 is 14.8 Å². The Labute approximate surface area is 107 Å². The van der Waals surface area contributed by atoms with Crippen molar-refractivity contribution in [2.75, 3.05) is 6.79 Å². The third kappa shape index (κ3) is 2.25. The van der Waals surface area contributed by atoms with Crippen LogP contribution in [0.25, 0.3) is 0 Å². The fourth-order valence-corrected chi connectivity index (χ4v) is 2.76. The second-order valence-electron chi connectivity index (χ2n) is 5.33. The van der Waals surface area contributed by atoms with Crippen LogP contribution >= 0.6 is 0 Å². The predicted molar refractivity (Wildman–Crippen MR) is 67.9 cm³/mol. The molecule has 2 aliphatic rings. The van der Waals surface area contributed by atoms with Crippen LogP contribution in [-0.4, -0.2) is 17.9 Å². The minimum absolute atomic E-state index is 0.242. The molecule has 2 unspecified atom stereocenters. The molecule has 0 spiro atoms. The maximum Gasteiger partial charge on any atom is 0.231 e. The summed E-state index contributed by atoms with van der Waals surface area (Å²) in [6, 6.07) is 4.07. The number of fused-ring (bicyclic) bond motifs is 1. The molecule has 1 saturated carbocycles. The van der Waals surface area contributed by atoms with E-state index >= 15 is 0 Å². The minimum Gasteiger partial charge on any atom is -0.507 e. The predicted octanol–water partition coefficient (Wildman–Crippen LogP) is 2.40. The molecule has 1 aromatic carbocycles. The van der Waals surface area contributed by atoms with Crippen LogP contribution in [0.2, 0.25) is 0 Å². The molecule has 1 heterocycles. The van der Waals surface area contributed by atoms with Crippen molar-refractivity contribution >= 4 is 0 Å². The van der Waals surface area contributed by atoms with E-state index in [1.807, 2.05) is 6.07 Å². The van der Waals surface area contributed by atoms with Gasteiger partial charge in [-0.1, -0.05) is 6.92 Å². The van der Waals surface area contributed by atoms with Gasteiger partial charge in [0.25, 0.3) is 0 Å². The van der Waals surface area contributed by atoms with Crippen LogP contribution in [0.1, 0.15) is 31.7 Å². The zero-order valence-electron chi connectivity index (χ0n) is 10.6. The van der Waals surface area contributed by atoms with E-state index in [1.165, 1.54) is 19.3 Å². The highest BCUT2D eigenvalue weighted by Gasteiger charge is 2.22. The van der Waals surface area contributed by atoms with E-state index in [1.54, 1.807) is 6.07 Å². The van der Waals surface area contributed by atoms with Gasteiger partial charge in [-0.15, -0.1) is 0 Å². The average Bonchev–Trinajstić information content (AvgIpc) is 2.94. The highest BCUT2D eigenvalue weighted by atomic mass is 16.7. The molecular formula is C14H19NO3. The first-order valence-corrected chi connectivity index (χ1v) is 6.57. The summed E-state index contributed by atoms with van der Waals surface area (Å²) >= 11 is 0. The summed E-state index contributed by atoms with van der Waals surface area (Å²) in [6.45, 7) is 3.21. The SMILES string of the molecule is CC1CCC(NCc2cc3c(cc2O)OCO3)C1. The highest BCUT2D eigenvalue weighted by Crippen LogP contribution is 2.37. The first kappa shape index (κ1) is 11.7. The van der Waals surface area contributed by atoms with Crippen molar-refractivity contribution < 1.29 is 14.6 Å². The van der Waals surface area contributed by atoms with Gasteiger partial charge in [0.15, 0.2) is 11.5 Å². The molecule has 1 aliphatic carbocycles. The summed E-state index contributed by atoms with van der Waals surface area (Å²) in [6.07, 6.45) is 3.75. The summed E-state index contributed by atoms with van der Waals surface area (Å²) in [5, 5.41) is 13.4. The van der Waals surface area contributed by atoms with Gasteiger partial charge in [-0.2, -0.15) is 0 Å². The van der Waals surface area contributed by atoms with Gasteiger partial charge in [0.2, 0.25) is 6.79 Å². The molecule has 0 radical (unpaired) electrons. The smallest absolute Gasteiger partial charge is 0.231 e. The molecule has 0 amide bonds. The Kier molecular flexibility index (Phi) is 3.04. The Morgan fingerprint density at radius 3 is 2.78 bits per heavy atom. The van der Waals surface area contributed by atoms with Crippen LogP contribution in [0.5, 0.6) is 17.2 Å². The number of phenols is 1. The summed E-state index contributed by atoms with van der Waals surface area (Å²) in [7, 11) is 0. The third-order valence-corrected chi connectivity index (χ3v) is 3.85. The number of benzene rings is 1. The molecule has 1 aromatic rings. The van der Waals surface area contributed by atoms with E-state index in [9.17, 15) is 5.11 Å². The van der Waals surface area contributed by atoms with E-state index < -0.39 is 0 Å². The van der Waals surface area contributed by atoms with Crippen LogP contribution in [-0.2, 0) is 6.54 Å². The van der Waals surface area contributed by atoms with Crippen molar-refractivity contribution in [3.05, 3.63) is 17.7 Å². The van der Waals surface area contributed by atoms with E-state index in [-0.39, 0.29) is 12.5 Å². The van der Waals surface area contributed by atoms with Crippen molar-refractivity contribution in [2.24, 2.45) is 5.92 Å². The molecule has 1 aliphatic heterocycles. The molecule has 4 heteroatoms. The average molecular weight is 249 g/mol. The van der Waals surface area contributed by atoms with Gasteiger partial charge < -0.3 is 19.9 Å². The van der Waals surface area contributed by atoms with Crippen LogP contribution in [0.4, 0.5) is 0 Å². The van der Waals surface area contributed by atoms with Crippen molar-refractivity contribution in [1.29, 1.82) is 0 Å². The topological polar surface area (TPSA) is 50.7 Å². The van der Waals surface area contributed by atoms with Crippen molar-refractivity contribution in [1.82, 2.24) is 5.32 Å². The molecule has 1 fully saturated rings. The molecule has 18 heavy (non-hydrogen) atoms. The maximum absolute atomic E-state index is 9.93. The Bertz CT molecular complexity index is 447. The molecule has 4 nitrogen and oxygen atoms in total. The van der Waals surface area contributed by atoms with E-state index in [0.29, 0.717) is 18.3 Å². The Hall–Kier alpha value is -1.42. The molecule has 98 valence electrons. The molecule has 0 aromatic heterocycles. The monoisotopic (exact) mass is 249 g/mol. The fraction of sp³-hybridized carbons (Fsp3) is 0.571. The quantitative estimate of drug-likeness (QED) is 0.863. The minimum atomic E-state index is 0.242. The molecular weight excluding hydrogens is 230 g/mol. The Morgan fingerprint density at radius 1 is 1.28 bits per heavy atom. The number of rotatable bonds is 3. The molecule has 0 bridgehead atoms. The Balaban J connectivity index is 1.66. The number of hydrogen-bond acceptors (Lipinski definition) is 4. The van der Waals surface area contributed by atoms with E-state index in [0.717, 1.165) is 17.2 Å². The summed E-state index contributed by atoms with van der Waals surface area (Å²) < 4.78 is 10.5. The van der Waals surface area contributed by atoms with Gasteiger partial charge in [0.1, 0.15) is 5.75 Å². The lowest BCUT2D eigenvalue weighted by molar-refractivity contribution is 0.174. The lowest BCUT2D eigenvalue weighted by Crippen LogP contribution is -2.25. The van der Waals surface area contributed by atoms with Gasteiger partial charge in [0, 0.05) is 24.2 Å². The van der Waals surface area contributed by atoms with Gasteiger partial charge in [-0.05, 0) is 31.2 Å². The number of phenolic OH excluding ortho intramolecular Hbond substituents is 1. The summed E-state index contributed by atoms with van der Waals surface area (Å²) in [5.41, 5.74) is 0.874. The molecule has 2 N–H and O–H groups in total. The van der Waals surface area contributed by atoms with Crippen LogP contribution in [0, 0.1) is 5.92 Å². The number of nitrogens with one attached hydrogen (secondary N) is 1. The summed E-state index contributed by atoms with van der Waals surface area (Å²) in [5.74, 6) is 2.45. The van der Waals surface area contributed by atoms with E-state index in [4.69, 9.17) is 9.47 Å². The zero-order valence-corrected chi connectivity index (χ0v) is 10.6. The Morgan fingerprint density at radius 2 is 2.06 bits per heavy atom. The fourth-order valence-electron chi connectivity index (χ4n) is 2.76. The van der Waals surface area contributed by atoms with Gasteiger partial charge in [-0.25, -0.2) is 0 Å². The zero-order chi connectivity index (χ0) is 12.5. The highest BCUT2D eigenvalue weighted by molar-refractivity contribution is 5.51. The largest absolute Gasteiger partial charge is 0.507 e. The van der Waals surface area contributed by atoms with E-state index in [2.05, 4.69) is 12.2 Å². The number of aromatic hydroxyl groups is 1. The van der Waals surface area contributed by atoms with Gasteiger partial charge in [0.05, 0.1) is 0 Å². The normalized spacial score (nSPS) is 25.6. The second kappa shape index (κ2) is 4.69. The number of ether oxygens (including phenoxy) is 2. The summed E-state index contributed by atoms with van der Waals surface area (Å²) in [4.78, 5) is 0. The second-order valence-corrected chi connectivity index (χ2v) is 5.33. The molecule has 0 saturated heterocycles. The number of hydrogen-bond donors (Lipinski definition) is 2. The first-order valence-electron chi connectivity index (χ1n) is 6.57. The van der Waals surface area contributed by atoms with Gasteiger partial charge >= 0.3 is 0 Å². The lowest BCUT2D eigenvalue weighted by Gasteiger charge is -2.13. The van der Waals surface area contributed by atoms with Crippen molar-refractivity contribution in [2.45, 2.75) is 38.8 Å². The van der Waals surface area contributed by atoms with Gasteiger partial charge in [-0.3, -0.25) is 0 Å². The maximum atomic E-state index is 9.93. The lowest BCUT2D eigenvalue weighted by atomic mass is 10.1. The first-order chi connectivity index (χ1) is 8.72. The molecule has 3 rings (SSSR count). The third-order valence-electron chi connectivity index (χ3n) is 3.85. The van der Waals surface area contributed by atoms with Crippen molar-refractivity contribution in [3.63, 3.8) is 0 Å². The van der Waals surface area contributed by atoms with Crippen molar-refractivity contribution in [3.8, 4) is 17.2 Å². The van der Waals surface area contributed by atoms with Crippen LogP contribution in [0.15, 0.2) is 12.1 Å². The standard InChI is InChI=1S/C14H19NO3/c1-9-2-3-11(4-9)15-7-10-5-13-14(6-12(10)16)18-8-17-13/h5-6,9,11,15-16H,2-4,7-8H2,1H3.